The molecule has 0 spiro atoms. The summed E-state index contributed by atoms with van der Waals surface area (Å²) < 4.78 is 6.15. The molecule has 0 aromatic heterocycles. The van der Waals surface area contributed by atoms with Crippen molar-refractivity contribution in [3.05, 3.63) is 32.3 Å². The van der Waals surface area contributed by atoms with Crippen molar-refractivity contribution in [1.82, 2.24) is 0 Å². The van der Waals surface area contributed by atoms with Crippen LogP contribution in [0.2, 0.25) is 0 Å². The van der Waals surface area contributed by atoms with Gasteiger partial charge >= 0.3 is 0 Å². The lowest BCUT2D eigenvalue weighted by atomic mass is 10.2. The lowest BCUT2D eigenvalue weighted by molar-refractivity contribution is -0.385. The summed E-state index contributed by atoms with van der Waals surface area (Å²) in [6, 6.07) is 3.29. The Bertz CT molecular complexity index is 450. The van der Waals surface area contributed by atoms with Gasteiger partial charge in [-0.2, -0.15) is 0 Å². The Balaban J connectivity index is 2.55. The molecule has 106 valence electrons. The normalized spacial score (nSPS) is 10.8. The number of nitrogens with one attached hydrogen (secondary N) is 1. The Morgan fingerprint density at radius 3 is 2.74 bits per heavy atom. The van der Waals surface area contributed by atoms with E-state index in [1.54, 1.807) is 13.0 Å². The van der Waals surface area contributed by atoms with Crippen LogP contribution in [0.3, 0.4) is 0 Å². The molecule has 1 rings (SSSR count). The zero-order valence-corrected chi connectivity index (χ0v) is 13.0. The molecule has 0 bridgehead atoms. The molecule has 0 aliphatic rings. The van der Waals surface area contributed by atoms with E-state index < -0.39 is 0 Å². The highest BCUT2D eigenvalue weighted by Crippen LogP contribution is 2.30. The van der Waals surface area contributed by atoms with E-state index in [2.05, 4.69) is 35.1 Å². The first kappa shape index (κ1) is 15.9. The number of benzene rings is 1. The predicted molar refractivity (Wildman–Crippen MR) is 79.7 cm³/mol. The summed E-state index contributed by atoms with van der Waals surface area (Å²) in [6.45, 7) is 7.95. The summed E-state index contributed by atoms with van der Waals surface area (Å²) >= 11 is 3.33. The molecule has 0 heterocycles. The molecule has 19 heavy (non-hydrogen) atoms. The highest BCUT2D eigenvalue weighted by Gasteiger charge is 2.13. The highest BCUT2D eigenvalue weighted by molar-refractivity contribution is 9.10. The van der Waals surface area contributed by atoms with Crippen LogP contribution in [0.1, 0.15) is 19.4 Å². The summed E-state index contributed by atoms with van der Waals surface area (Å²) in [6.07, 6.45) is 0. The van der Waals surface area contributed by atoms with Crippen molar-refractivity contribution >= 4 is 27.3 Å². The van der Waals surface area contributed by atoms with Crippen LogP contribution < -0.4 is 5.32 Å². The fourth-order valence-corrected chi connectivity index (χ4v) is 2.05. The number of aryl methyl sites for hydroxylation is 1. The fourth-order valence-electron chi connectivity index (χ4n) is 1.58. The van der Waals surface area contributed by atoms with E-state index in [1.165, 1.54) is 6.07 Å². The molecule has 6 heteroatoms. The number of ether oxygens (including phenoxy) is 1. The molecule has 0 atom stereocenters. The van der Waals surface area contributed by atoms with Gasteiger partial charge in [0.2, 0.25) is 0 Å². The average molecular weight is 331 g/mol. The van der Waals surface area contributed by atoms with E-state index in [0.29, 0.717) is 29.1 Å². The van der Waals surface area contributed by atoms with E-state index >= 15 is 0 Å². The van der Waals surface area contributed by atoms with Gasteiger partial charge in [0.15, 0.2) is 0 Å². The van der Waals surface area contributed by atoms with Crippen molar-refractivity contribution in [2.75, 3.05) is 25.1 Å². The quantitative estimate of drug-likeness (QED) is 0.469. The molecular weight excluding hydrogens is 312 g/mol. The highest BCUT2D eigenvalue weighted by atomic mass is 79.9. The summed E-state index contributed by atoms with van der Waals surface area (Å²) in [4.78, 5) is 10.4. The van der Waals surface area contributed by atoms with E-state index in [1.807, 2.05) is 0 Å². The Morgan fingerprint density at radius 1 is 1.47 bits per heavy atom. The molecule has 0 saturated heterocycles. The molecule has 0 fully saturated rings. The van der Waals surface area contributed by atoms with Crippen LogP contribution in [0.4, 0.5) is 11.4 Å². The third kappa shape index (κ3) is 5.16. The van der Waals surface area contributed by atoms with Gasteiger partial charge in [0.05, 0.1) is 11.5 Å². The van der Waals surface area contributed by atoms with Crippen molar-refractivity contribution in [3.8, 4) is 0 Å². The number of nitro benzene ring substituents is 1. The minimum atomic E-state index is -0.379. The molecule has 0 aliphatic carbocycles. The monoisotopic (exact) mass is 330 g/mol. The number of halogens is 1. The maximum Gasteiger partial charge on any atom is 0.273 e. The molecule has 0 unspecified atom stereocenters. The number of nitrogens with zero attached hydrogens (tertiary/aromatic N) is 1. The number of hydrogen-bond donors (Lipinski definition) is 1. The summed E-state index contributed by atoms with van der Waals surface area (Å²) in [7, 11) is 0. The molecule has 1 aromatic rings. The SMILES string of the molecule is Cc1cc(NCCOCC(C)C)c(Br)cc1[N+](=O)[O-]. The minimum Gasteiger partial charge on any atom is -0.382 e. The van der Waals surface area contributed by atoms with Crippen molar-refractivity contribution in [2.24, 2.45) is 5.92 Å². The fraction of sp³-hybridized carbons (Fsp3) is 0.538. The average Bonchev–Trinajstić information content (AvgIpc) is 2.31. The number of rotatable bonds is 7. The molecule has 1 N–H and O–H groups in total. The minimum absolute atomic E-state index is 0.119. The molecule has 1 aromatic carbocycles. The van der Waals surface area contributed by atoms with Gasteiger partial charge in [-0.3, -0.25) is 10.1 Å². The maximum atomic E-state index is 10.8. The van der Waals surface area contributed by atoms with Crippen LogP contribution in [-0.2, 0) is 4.74 Å². The van der Waals surface area contributed by atoms with Crippen LogP contribution in [0.25, 0.3) is 0 Å². The van der Waals surface area contributed by atoms with E-state index in [0.717, 1.165) is 12.3 Å². The van der Waals surface area contributed by atoms with E-state index in [4.69, 9.17) is 4.74 Å². The third-order valence-electron chi connectivity index (χ3n) is 2.50. The second-order valence-corrected chi connectivity index (χ2v) is 5.63. The zero-order valence-electron chi connectivity index (χ0n) is 11.4. The van der Waals surface area contributed by atoms with Crippen molar-refractivity contribution in [3.63, 3.8) is 0 Å². The first-order valence-corrected chi connectivity index (χ1v) is 6.97. The van der Waals surface area contributed by atoms with Gasteiger partial charge < -0.3 is 10.1 Å². The zero-order chi connectivity index (χ0) is 14.4. The van der Waals surface area contributed by atoms with Gasteiger partial charge in [0.1, 0.15) is 0 Å². The molecule has 0 radical (unpaired) electrons. The van der Waals surface area contributed by atoms with Gasteiger partial charge in [-0.25, -0.2) is 0 Å². The van der Waals surface area contributed by atoms with Gasteiger partial charge in [0, 0.05) is 34.9 Å². The van der Waals surface area contributed by atoms with Gasteiger partial charge in [-0.05, 0) is 34.8 Å². The maximum absolute atomic E-state index is 10.8. The van der Waals surface area contributed by atoms with Crippen molar-refractivity contribution in [1.29, 1.82) is 0 Å². The molecule has 0 aliphatic heterocycles. The van der Waals surface area contributed by atoms with Gasteiger partial charge in [-0.15, -0.1) is 0 Å². The lowest BCUT2D eigenvalue weighted by Gasteiger charge is -2.11. The molecule has 0 amide bonds. The number of anilines is 1. The van der Waals surface area contributed by atoms with Crippen molar-refractivity contribution < 1.29 is 9.66 Å². The first-order valence-electron chi connectivity index (χ1n) is 6.18. The summed E-state index contributed by atoms with van der Waals surface area (Å²) in [5.74, 6) is 0.522. The standard InChI is InChI=1S/C13H19BrN2O3/c1-9(2)8-19-5-4-15-12-6-10(3)13(16(17)18)7-11(12)14/h6-7,9,15H,4-5,8H2,1-3H3. The van der Waals surface area contributed by atoms with E-state index in [9.17, 15) is 10.1 Å². The Kier molecular flexibility index (Phi) is 6.24. The van der Waals surface area contributed by atoms with Crippen molar-refractivity contribution in [2.45, 2.75) is 20.8 Å². The Labute approximate surface area is 121 Å². The molecule has 5 nitrogen and oxygen atoms in total. The van der Waals surface area contributed by atoms with Crippen LogP contribution in [-0.4, -0.2) is 24.7 Å². The molecular formula is C13H19BrN2O3. The van der Waals surface area contributed by atoms with Gasteiger partial charge in [-0.1, -0.05) is 13.8 Å². The van der Waals surface area contributed by atoms with Crippen LogP contribution in [0.15, 0.2) is 16.6 Å². The smallest absolute Gasteiger partial charge is 0.273 e. The summed E-state index contributed by atoms with van der Waals surface area (Å²) in [5.41, 5.74) is 1.60. The van der Waals surface area contributed by atoms with Crippen LogP contribution >= 0.6 is 15.9 Å². The predicted octanol–water partition coefficient (Wildman–Crippen LogP) is 3.75. The van der Waals surface area contributed by atoms with Gasteiger partial charge in [0.25, 0.3) is 5.69 Å². The second-order valence-electron chi connectivity index (χ2n) is 4.77. The lowest BCUT2D eigenvalue weighted by Crippen LogP contribution is -2.12. The number of nitro groups is 1. The second kappa shape index (κ2) is 7.45. The van der Waals surface area contributed by atoms with Crippen LogP contribution in [0, 0.1) is 23.0 Å². The number of hydrogen-bond acceptors (Lipinski definition) is 4. The topological polar surface area (TPSA) is 64.4 Å². The Morgan fingerprint density at radius 2 is 2.16 bits per heavy atom. The summed E-state index contributed by atoms with van der Waals surface area (Å²) in [5, 5.41) is 14.0. The van der Waals surface area contributed by atoms with E-state index in [-0.39, 0.29) is 10.6 Å². The largest absolute Gasteiger partial charge is 0.382 e. The third-order valence-corrected chi connectivity index (χ3v) is 3.15. The Hall–Kier alpha value is -1.14. The first-order chi connectivity index (χ1) is 8.91. The van der Waals surface area contributed by atoms with Crippen LogP contribution in [0.5, 0.6) is 0 Å². The molecule has 0 saturated carbocycles.